The molecule has 0 aromatic heterocycles. The summed E-state index contributed by atoms with van der Waals surface area (Å²) in [5, 5.41) is 12.1. The Labute approximate surface area is 108 Å². The molecule has 0 radical (unpaired) electrons. The average Bonchev–Trinajstić information content (AvgIpc) is 2.75. The molecule has 1 saturated carbocycles. The van der Waals surface area contributed by atoms with Crippen LogP contribution < -0.4 is 11.1 Å². The largest absolute Gasteiger partial charge is 0.352 e. The minimum Gasteiger partial charge on any atom is -0.352 e. The highest BCUT2D eigenvalue weighted by atomic mass is 16.1. The molecule has 1 atom stereocenters. The normalized spacial score (nSPS) is 37.2. The Hall–Kier alpha value is -1.12. The number of amides is 1. The van der Waals surface area contributed by atoms with Crippen LogP contribution in [0.4, 0.5) is 0 Å². The van der Waals surface area contributed by atoms with Crippen molar-refractivity contribution >= 4 is 5.91 Å². The zero-order valence-electron chi connectivity index (χ0n) is 11.0. The summed E-state index contributed by atoms with van der Waals surface area (Å²) in [6.45, 7) is 1.99. The maximum atomic E-state index is 12.1. The molecule has 2 rings (SSSR count). The van der Waals surface area contributed by atoms with Crippen molar-refractivity contribution in [1.82, 2.24) is 10.2 Å². The number of carbonyl (C=O) groups excluding carboxylic acids is 1. The van der Waals surface area contributed by atoms with Gasteiger partial charge in [0.05, 0.1) is 6.07 Å². The van der Waals surface area contributed by atoms with Crippen LogP contribution in [0.5, 0.6) is 0 Å². The standard InChI is InChI=1S/C13H22N4O/c1-17-7-4-11(8-17)16-12(18)10-2-5-13(15,9-14)6-3-10/h10-11H,2-8,15H2,1H3,(H,16,18). The second-order valence-electron chi connectivity index (χ2n) is 5.80. The molecule has 1 unspecified atom stereocenters. The Bertz CT molecular complexity index is 354. The number of likely N-dealkylation sites (N-methyl/N-ethyl adjacent to an activating group) is 1. The van der Waals surface area contributed by atoms with Crippen molar-refractivity contribution in [3.05, 3.63) is 0 Å². The van der Waals surface area contributed by atoms with Gasteiger partial charge in [-0.15, -0.1) is 0 Å². The first kappa shape index (κ1) is 13.3. The lowest BCUT2D eigenvalue weighted by atomic mass is 9.77. The summed E-state index contributed by atoms with van der Waals surface area (Å²) in [5.74, 6) is 0.191. The first-order valence-corrected chi connectivity index (χ1v) is 6.71. The van der Waals surface area contributed by atoms with Crippen LogP contribution in [0.3, 0.4) is 0 Å². The summed E-state index contributed by atoms with van der Waals surface area (Å²) >= 11 is 0. The van der Waals surface area contributed by atoms with Gasteiger partial charge in [0.2, 0.25) is 5.91 Å². The SMILES string of the molecule is CN1CCC(NC(=O)C2CCC(N)(C#N)CC2)C1. The highest BCUT2D eigenvalue weighted by Crippen LogP contribution is 2.30. The van der Waals surface area contributed by atoms with Crippen LogP contribution in [0.15, 0.2) is 0 Å². The molecule has 5 nitrogen and oxygen atoms in total. The van der Waals surface area contributed by atoms with Gasteiger partial charge in [-0.25, -0.2) is 0 Å². The van der Waals surface area contributed by atoms with E-state index >= 15 is 0 Å². The molecule has 1 heterocycles. The van der Waals surface area contributed by atoms with Gasteiger partial charge in [-0.2, -0.15) is 5.26 Å². The van der Waals surface area contributed by atoms with Gasteiger partial charge in [0, 0.05) is 18.5 Å². The van der Waals surface area contributed by atoms with E-state index in [0.717, 1.165) is 32.4 Å². The number of likely N-dealkylation sites (tertiary alicyclic amines) is 1. The second kappa shape index (κ2) is 5.25. The van der Waals surface area contributed by atoms with Gasteiger partial charge in [0.25, 0.3) is 0 Å². The van der Waals surface area contributed by atoms with Crippen molar-refractivity contribution in [2.45, 2.75) is 43.7 Å². The third-order valence-electron chi connectivity index (χ3n) is 4.21. The molecule has 1 saturated heterocycles. The van der Waals surface area contributed by atoms with E-state index in [2.05, 4.69) is 23.3 Å². The van der Waals surface area contributed by atoms with Gasteiger partial charge in [-0.1, -0.05) is 0 Å². The summed E-state index contributed by atoms with van der Waals surface area (Å²) in [5.41, 5.74) is 5.20. The molecule has 0 aromatic carbocycles. The Morgan fingerprint density at radius 1 is 1.44 bits per heavy atom. The molecular weight excluding hydrogens is 228 g/mol. The van der Waals surface area contributed by atoms with Crippen LogP contribution in [0.25, 0.3) is 0 Å². The molecule has 1 aliphatic heterocycles. The molecule has 0 aromatic rings. The van der Waals surface area contributed by atoms with Crippen LogP contribution in [0, 0.1) is 17.2 Å². The van der Waals surface area contributed by atoms with Gasteiger partial charge in [0.15, 0.2) is 0 Å². The molecule has 0 spiro atoms. The maximum Gasteiger partial charge on any atom is 0.223 e. The molecule has 3 N–H and O–H groups in total. The van der Waals surface area contributed by atoms with Crippen LogP contribution >= 0.6 is 0 Å². The molecule has 1 aliphatic carbocycles. The maximum absolute atomic E-state index is 12.1. The smallest absolute Gasteiger partial charge is 0.223 e. The van der Waals surface area contributed by atoms with Crippen molar-refractivity contribution in [3.63, 3.8) is 0 Å². The Morgan fingerprint density at radius 2 is 2.11 bits per heavy atom. The van der Waals surface area contributed by atoms with Gasteiger partial charge in [0.1, 0.15) is 5.54 Å². The van der Waals surface area contributed by atoms with Gasteiger partial charge in [-0.05, 0) is 45.7 Å². The van der Waals surface area contributed by atoms with E-state index in [4.69, 9.17) is 11.0 Å². The Balaban J connectivity index is 1.79. The predicted molar refractivity (Wildman–Crippen MR) is 68.5 cm³/mol. The van der Waals surface area contributed by atoms with Crippen LogP contribution in [0.1, 0.15) is 32.1 Å². The molecule has 1 amide bonds. The van der Waals surface area contributed by atoms with E-state index in [-0.39, 0.29) is 11.8 Å². The Kier molecular flexibility index (Phi) is 3.88. The van der Waals surface area contributed by atoms with E-state index in [9.17, 15) is 4.79 Å². The highest BCUT2D eigenvalue weighted by Gasteiger charge is 2.35. The molecule has 0 bridgehead atoms. The van der Waals surface area contributed by atoms with E-state index in [1.54, 1.807) is 0 Å². The lowest BCUT2D eigenvalue weighted by molar-refractivity contribution is -0.126. The van der Waals surface area contributed by atoms with E-state index in [1.807, 2.05) is 0 Å². The predicted octanol–water partition coefficient (Wildman–Crippen LogP) is 0.218. The van der Waals surface area contributed by atoms with Crippen LogP contribution in [-0.2, 0) is 4.79 Å². The molecule has 100 valence electrons. The van der Waals surface area contributed by atoms with Crippen molar-refractivity contribution in [3.8, 4) is 6.07 Å². The van der Waals surface area contributed by atoms with Crippen LogP contribution in [-0.4, -0.2) is 42.5 Å². The summed E-state index contributed by atoms with van der Waals surface area (Å²) in [4.78, 5) is 14.3. The van der Waals surface area contributed by atoms with Gasteiger partial charge < -0.3 is 16.0 Å². The minimum atomic E-state index is -0.704. The third-order valence-corrected chi connectivity index (χ3v) is 4.21. The van der Waals surface area contributed by atoms with Crippen molar-refractivity contribution in [2.75, 3.05) is 20.1 Å². The molecule has 2 fully saturated rings. The molecule has 5 heteroatoms. The van der Waals surface area contributed by atoms with E-state index < -0.39 is 5.54 Å². The fraction of sp³-hybridized carbons (Fsp3) is 0.846. The van der Waals surface area contributed by atoms with Gasteiger partial charge in [-0.3, -0.25) is 4.79 Å². The number of hydrogen-bond donors (Lipinski definition) is 2. The zero-order chi connectivity index (χ0) is 13.2. The number of hydrogen-bond acceptors (Lipinski definition) is 4. The summed E-state index contributed by atoms with van der Waals surface area (Å²) in [6, 6.07) is 2.45. The number of nitrogens with two attached hydrogens (primary N) is 1. The minimum absolute atomic E-state index is 0.0425. The van der Waals surface area contributed by atoms with Crippen molar-refractivity contribution < 1.29 is 4.79 Å². The second-order valence-corrected chi connectivity index (χ2v) is 5.80. The van der Waals surface area contributed by atoms with Gasteiger partial charge >= 0.3 is 0 Å². The number of carbonyl (C=O) groups is 1. The first-order valence-electron chi connectivity index (χ1n) is 6.71. The highest BCUT2D eigenvalue weighted by molar-refractivity contribution is 5.79. The van der Waals surface area contributed by atoms with E-state index in [0.29, 0.717) is 18.9 Å². The van der Waals surface area contributed by atoms with Crippen molar-refractivity contribution in [2.24, 2.45) is 11.7 Å². The van der Waals surface area contributed by atoms with Crippen molar-refractivity contribution in [1.29, 1.82) is 5.26 Å². The monoisotopic (exact) mass is 250 g/mol. The molecular formula is C13H22N4O. The molecule has 2 aliphatic rings. The summed E-state index contributed by atoms with van der Waals surface area (Å²) in [7, 11) is 2.07. The summed E-state index contributed by atoms with van der Waals surface area (Å²) < 4.78 is 0. The Morgan fingerprint density at radius 3 is 2.61 bits per heavy atom. The number of nitrogens with zero attached hydrogens (tertiary/aromatic N) is 2. The quantitative estimate of drug-likeness (QED) is 0.734. The lowest BCUT2D eigenvalue weighted by Crippen LogP contribution is -2.46. The summed E-state index contributed by atoms with van der Waals surface area (Å²) in [6.07, 6.45) is 3.77. The van der Waals surface area contributed by atoms with Crippen LogP contribution in [0.2, 0.25) is 0 Å². The zero-order valence-corrected chi connectivity index (χ0v) is 11.0. The lowest BCUT2D eigenvalue weighted by Gasteiger charge is -2.31. The third kappa shape index (κ3) is 3.01. The number of nitrogens with one attached hydrogen (secondary N) is 1. The van der Waals surface area contributed by atoms with E-state index in [1.165, 1.54) is 0 Å². The fourth-order valence-corrected chi connectivity index (χ4v) is 2.88. The fourth-order valence-electron chi connectivity index (χ4n) is 2.88. The molecule has 18 heavy (non-hydrogen) atoms. The first-order chi connectivity index (χ1) is 8.52. The average molecular weight is 250 g/mol. The topological polar surface area (TPSA) is 82.2 Å². The number of rotatable bonds is 2. The number of nitriles is 1.